The Balaban J connectivity index is 2.23. The van der Waals surface area contributed by atoms with Crippen LogP contribution in [0.2, 0.25) is 0 Å². The fraction of sp³-hybridized carbons (Fsp3) is 0.0833. The number of hydrogen-bond donors (Lipinski definition) is 0. The lowest BCUT2D eigenvalue weighted by molar-refractivity contribution is 0.0992. The third kappa shape index (κ3) is 2.44. The van der Waals surface area contributed by atoms with Crippen LogP contribution in [0, 0.1) is 5.95 Å². The molecule has 2 heterocycles. The summed E-state index contributed by atoms with van der Waals surface area (Å²) in [6.07, 6.45) is 4.42. The fourth-order valence-corrected chi connectivity index (χ4v) is 1.38. The molecule has 0 aliphatic rings. The normalized spacial score (nSPS) is 10.0. The summed E-state index contributed by atoms with van der Waals surface area (Å²) in [6.45, 7) is 0. The molecule has 5 heteroatoms. The standard InChI is InChI=1S/C12H10FN3O/c1-16(10-4-6-14-7-5-10)12(17)9-2-3-11(13)15-8-9/h2-8H,1H3. The van der Waals surface area contributed by atoms with E-state index in [1.807, 2.05) is 0 Å². The molecule has 0 saturated carbocycles. The summed E-state index contributed by atoms with van der Waals surface area (Å²) < 4.78 is 12.6. The maximum Gasteiger partial charge on any atom is 0.259 e. The number of rotatable bonds is 2. The van der Waals surface area contributed by atoms with Crippen LogP contribution in [-0.2, 0) is 0 Å². The molecule has 4 nitrogen and oxygen atoms in total. The number of carbonyl (C=O) groups excluding carboxylic acids is 1. The molecule has 2 aromatic heterocycles. The number of halogens is 1. The van der Waals surface area contributed by atoms with E-state index in [1.165, 1.54) is 17.2 Å². The predicted octanol–water partition coefficient (Wildman–Crippen LogP) is 1.89. The summed E-state index contributed by atoms with van der Waals surface area (Å²) in [6, 6.07) is 6.00. The van der Waals surface area contributed by atoms with E-state index < -0.39 is 5.95 Å². The van der Waals surface area contributed by atoms with Gasteiger partial charge in [0.2, 0.25) is 5.95 Å². The van der Waals surface area contributed by atoms with Crippen LogP contribution >= 0.6 is 0 Å². The van der Waals surface area contributed by atoms with Crippen LogP contribution in [0.25, 0.3) is 0 Å². The highest BCUT2D eigenvalue weighted by Crippen LogP contribution is 2.13. The number of pyridine rings is 2. The Kier molecular flexibility index (Phi) is 3.09. The van der Waals surface area contributed by atoms with Gasteiger partial charge in [0, 0.05) is 31.3 Å². The Morgan fingerprint density at radius 1 is 1.24 bits per heavy atom. The smallest absolute Gasteiger partial charge is 0.259 e. The van der Waals surface area contributed by atoms with E-state index in [-0.39, 0.29) is 5.91 Å². The fourth-order valence-electron chi connectivity index (χ4n) is 1.38. The van der Waals surface area contributed by atoms with Gasteiger partial charge >= 0.3 is 0 Å². The Morgan fingerprint density at radius 3 is 2.53 bits per heavy atom. The van der Waals surface area contributed by atoms with Gasteiger partial charge in [0.05, 0.1) is 5.56 Å². The molecule has 0 fully saturated rings. The minimum absolute atomic E-state index is 0.247. The Labute approximate surface area is 97.7 Å². The van der Waals surface area contributed by atoms with Crippen molar-refractivity contribution in [1.29, 1.82) is 0 Å². The third-order valence-corrected chi connectivity index (χ3v) is 2.33. The van der Waals surface area contributed by atoms with Gasteiger partial charge in [0.1, 0.15) is 0 Å². The highest BCUT2D eigenvalue weighted by atomic mass is 19.1. The molecule has 0 aromatic carbocycles. The van der Waals surface area contributed by atoms with E-state index in [2.05, 4.69) is 9.97 Å². The average Bonchev–Trinajstić information content (AvgIpc) is 2.39. The number of aromatic nitrogens is 2. The zero-order valence-electron chi connectivity index (χ0n) is 9.17. The van der Waals surface area contributed by atoms with Crippen LogP contribution < -0.4 is 4.90 Å². The first-order valence-electron chi connectivity index (χ1n) is 4.98. The molecule has 2 aromatic rings. The predicted molar refractivity (Wildman–Crippen MR) is 61.2 cm³/mol. The molecule has 2 rings (SSSR count). The molecule has 0 aliphatic heterocycles. The molecular formula is C12H10FN3O. The summed E-state index contributed by atoms with van der Waals surface area (Å²) in [5.41, 5.74) is 1.06. The Morgan fingerprint density at radius 2 is 1.94 bits per heavy atom. The van der Waals surface area contributed by atoms with Crippen LogP contribution in [-0.4, -0.2) is 22.9 Å². The maximum absolute atomic E-state index is 12.6. The van der Waals surface area contributed by atoms with E-state index in [4.69, 9.17) is 0 Å². The lowest BCUT2D eigenvalue weighted by Gasteiger charge is -2.16. The van der Waals surface area contributed by atoms with Gasteiger partial charge in [-0.15, -0.1) is 0 Å². The zero-order chi connectivity index (χ0) is 12.3. The average molecular weight is 231 g/mol. The van der Waals surface area contributed by atoms with Crippen molar-refractivity contribution in [3.05, 3.63) is 54.4 Å². The van der Waals surface area contributed by atoms with Gasteiger partial charge in [0.15, 0.2) is 0 Å². The molecule has 0 unspecified atom stereocenters. The zero-order valence-corrected chi connectivity index (χ0v) is 9.17. The summed E-state index contributed by atoms with van der Waals surface area (Å²) in [7, 11) is 1.64. The second kappa shape index (κ2) is 4.69. The Hall–Kier alpha value is -2.30. The molecule has 0 spiro atoms. The Bertz CT molecular complexity index is 513. The molecule has 17 heavy (non-hydrogen) atoms. The van der Waals surface area contributed by atoms with Crippen molar-refractivity contribution in [1.82, 2.24) is 9.97 Å². The molecule has 0 radical (unpaired) electrons. The largest absolute Gasteiger partial charge is 0.311 e. The molecule has 86 valence electrons. The quantitative estimate of drug-likeness (QED) is 0.741. The summed E-state index contributed by atoms with van der Waals surface area (Å²) in [5, 5.41) is 0. The van der Waals surface area contributed by atoms with Crippen molar-refractivity contribution in [3.63, 3.8) is 0 Å². The molecule has 0 N–H and O–H groups in total. The molecule has 0 saturated heterocycles. The van der Waals surface area contributed by atoms with Gasteiger partial charge in [-0.3, -0.25) is 9.78 Å². The van der Waals surface area contributed by atoms with Gasteiger partial charge < -0.3 is 4.90 Å². The number of nitrogens with zero attached hydrogens (tertiary/aromatic N) is 3. The van der Waals surface area contributed by atoms with Crippen molar-refractivity contribution in [2.24, 2.45) is 0 Å². The first-order chi connectivity index (χ1) is 8.18. The molecule has 0 bridgehead atoms. The second-order valence-electron chi connectivity index (χ2n) is 3.44. The van der Waals surface area contributed by atoms with E-state index in [0.29, 0.717) is 11.3 Å². The minimum atomic E-state index is -0.604. The highest BCUT2D eigenvalue weighted by Gasteiger charge is 2.13. The first kappa shape index (κ1) is 11.2. The number of amides is 1. The van der Waals surface area contributed by atoms with Gasteiger partial charge in [-0.2, -0.15) is 4.39 Å². The van der Waals surface area contributed by atoms with E-state index in [1.54, 1.807) is 31.6 Å². The lowest BCUT2D eigenvalue weighted by Crippen LogP contribution is -2.26. The van der Waals surface area contributed by atoms with Crippen LogP contribution in [0.4, 0.5) is 10.1 Å². The van der Waals surface area contributed by atoms with Gasteiger partial charge in [-0.1, -0.05) is 0 Å². The molecule has 0 aliphatic carbocycles. The number of hydrogen-bond acceptors (Lipinski definition) is 3. The van der Waals surface area contributed by atoms with Crippen LogP contribution in [0.15, 0.2) is 42.9 Å². The first-order valence-corrected chi connectivity index (χ1v) is 4.98. The van der Waals surface area contributed by atoms with Crippen molar-refractivity contribution in [2.45, 2.75) is 0 Å². The summed E-state index contributed by atoms with van der Waals surface area (Å²) in [4.78, 5) is 20.8. The topological polar surface area (TPSA) is 46.1 Å². The van der Waals surface area contributed by atoms with Crippen molar-refractivity contribution < 1.29 is 9.18 Å². The van der Waals surface area contributed by atoms with Crippen molar-refractivity contribution in [2.75, 3.05) is 11.9 Å². The highest BCUT2D eigenvalue weighted by molar-refractivity contribution is 6.05. The summed E-state index contributed by atoms with van der Waals surface area (Å²) in [5.74, 6) is -0.850. The molecule has 0 atom stereocenters. The van der Waals surface area contributed by atoms with Crippen molar-refractivity contribution >= 4 is 11.6 Å². The van der Waals surface area contributed by atoms with E-state index in [0.717, 1.165) is 6.07 Å². The molecular weight excluding hydrogens is 221 g/mol. The minimum Gasteiger partial charge on any atom is -0.311 e. The lowest BCUT2D eigenvalue weighted by atomic mass is 10.2. The van der Waals surface area contributed by atoms with E-state index >= 15 is 0 Å². The molecule has 1 amide bonds. The number of carbonyl (C=O) groups is 1. The van der Waals surface area contributed by atoms with Gasteiger partial charge in [-0.05, 0) is 24.3 Å². The summed E-state index contributed by atoms with van der Waals surface area (Å²) >= 11 is 0. The maximum atomic E-state index is 12.6. The SMILES string of the molecule is CN(C(=O)c1ccc(F)nc1)c1ccncc1. The van der Waals surface area contributed by atoms with Crippen molar-refractivity contribution in [3.8, 4) is 0 Å². The second-order valence-corrected chi connectivity index (χ2v) is 3.44. The van der Waals surface area contributed by atoms with Crippen LogP contribution in [0.5, 0.6) is 0 Å². The van der Waals surface area contributed by atoms with Gasteiger partial charge in [-0.25, -0.2) is 4.98 Å². The van der Waals surface area contributed by atoms with Crippen LogP contribution in [0.1, 0.15) is 10.4 Å². The number of anilines is 1. The van der Waals surface area contributed by atoms with E-state index in [9.17, 15) is 9.18 Å². The third-order valence-electron chi connectivity index (χ3n) is 2.33. The van der Waals surface area contributed by atoms with Crippen LogP contribution in [0.3, 0.4) is 0 Å². The monoisotopic (exact) mass is 231 g/mol. The van der Waals surface area contributed by atoms with Gasteiger partial charge in [0.25, 0.3) is 5.91 Å².